The smallest absolute Gasteiger partial charge is 0.357 e. The molecule has 0 aliphatic carbocycles. The molecule has 126 valence electrons. The quantitative estimate of drug-likeness (QED) is 0.682. The molecule has 2 amide bonds. The molecule has 25 heavy (non-hydrogen) atoms. The van der Waals surface area contributed by atoms with Crippen LogP contribution >= 0.6 is 11.3 Å². The first-order valence-electron chi connectivity index (χ1n) is 7.24. The first-order valence-corrected chi connectivity index (χ1v) is 8.12. The average Bonchev–Trinajstić information content (AvgIpc) is 3.07. The van der Waals surface area contributed by atoms with Crippen LogP contribution in [0.5, 0.6) is 0 Å². The lowest BCUT2D eigenvalue weighted by atomic mass is 10.2. The second kappa shape index (κ2) is 7.10. The van der Waals surface area contributed by atoms with Crippen LogP contribution in [0.2, 0.25) is 0 Å². The van der Waals surface area contributed by atoms with E-state index in [0.717, 1.165) is 16.7 Å². The fraction of sp³-hybridized carbons (Fsp3) is 0.0588. The van der Waals surface area contributed by atoms with Gasteiger partial charge in [-0.15, -0.1) is 11.3 Å². The van der Waals surface area contributed by atoms with Crippen molar-refractivity contribution in [2.75, 3.05) is 11.9 Å². The molecule has 0 radical (unpaired) electrons. The van der Waals surface area contributed by atoms with Crippen molar-refractivity contribution in [1.29, 1.82) is 0 Å². The van der Waals surface area contributed by atoms with Crippen molar-refractivity contribution >= 4 is 45.0 Å². The highest BCUT2D eigenvalue weighted by molar-refractivity contribution is 7.14. The number of nitrogens with one attached hydrogen (secondary N) is 1. The lowest BCUT2D eigenvalue weighted by Gasteiger charge is -2.06. The summed E-state index contributed by atoms with van der Waals surface area (Å²) in [5.41, 5.74) is 6.18. The summed E-state index contributed by atoms with van der Waals surface area (Å²) in [6.07, 6.45) is 0. The zero-order valence-corrected chi connectivity index (χ0v) is 13.7. The summed E-state index contributed by atoms with van der Waals surface area (Å²) in [7, 11) is 0. The zero-order valence-electron chi connectivity index (χ0n) is 12.9. The Kier molecular flexibility index (Phi) is 4.71. The highest BCUT2D eigenvalue weighted by atomic mass is 32.1. The number of carbonyl (C=O) groups is 3. The number of esters is 1. The maximum atomic E-state index is 12.0. The summed E-state index contributed by atoms with van der Waals surface area (Å²) < 4.78 is 4.96. The predicted octanol–water partition coefficient (Wildman–Crippen LogP) is 2.19. The molecule has 0 spiro atoms. The SMILES string of the molecule is NC(=O)c1ccsc1NC(=O)COC(=O)c1ccc2ccccc2n1. The summed E-state index contributed by atoms with van der Waals surface area (Å²) in [5.74, 6) is -1.92. The van der Waals surface area contributed by atoms with Gasteiger partial charge in [-0.3, -0.25) is 9.59 Å². The topological polar surface area (TPSA) is 111 Å². The Hall–Kier alpha value is -3.26. The van der Waals surface area contributed by atoms with Crippen LogP contribution < -0.4 is 11.1 Å². The summed E-state index contributed by atoms with van der Waals surface area (Å²) in [6, 6.07) is 12.1. The van der Waals surface area contributed by atoms with E-state index in [9.17, 15) is 14.4 Å². The number of para-hydroxylation sites is 1. The van der Waals surface area contributed by atoms with Gasteiger partial charge in [-0.05, 0) is 23.6 Å². The van der Waals surface area contributed by atoms with Crippen molar-refractivity contribution in [2.24, 2.45) is 5.73 Å². The number of benzene rings is 1. The largest absolute Gasteiger partial charge is 0.451 e. The average molecular weight is 355 g/mol. The number of ether oxygens (including phenoxy) is 1. The summed E-state index contributed by atoms with van der Waals surface area (Å²) >= 11 is 1.15. The number of aromatic nitrogens is 1. The Morgan fingerprint density at radius 2 is 1.92 bits per heavy atom. The Bertz CT molecular complexity index is 967. The molecule has 0 fully saturated rings. The van der Waals surface area contributed by atoms with Gasteiger partial charge in [0.1, 0.15) is 10.7 Å². The molecule has 0 bridgehead atoms. The molecule has 1 aromatic carbocycles. The Labute approximate surface area is 146 Å². The molecule has 2 heterocycles. The van der Waals surface area contributed by atoms with Crippen LogP contribution in [-0.4, -0.2) is 29.4 Å². The monoisotopic (exact) mass is 355 g/mol. The van der Waals surface area contributed by atoms with Crippen LogP contribution in [0.1, 0.15) is 20.8 Å². The van der Waals surface area contributed by atoms with E-state index < -0.39 is 24.4 Å². The maximum absolute atomic E-state index is 12.0. The number of hydrogen-bond donors (Lipinski definition) is 2. The van der Waals surface area contributed by atoms with Crippen LogP contribution in [-0.2, 0) is 9.53 Å². The Morgan fingerprint density at radius 1 is 1.12 bits per heavy atom. The first kappa shape index (κ1) is 16.6. The second-order valence-electron chi connectivity index (χ2n) is 5.04. The Morgan fingerprint density at radius 3 is 2.72 bits per heavy atom. The third-order valence-electron chi connectivity index (χ3n) is 3.33. The van der Waals surface area contributed by atoms with Crippen LogP contribution in [0.3, 0.4) is 0 Å². The highest BCUT2D eigenvalue weighted by Crippen LogP contribution is 2.22. The van der Waals surface area contributed by atoms with E-state index in [1.165, 1.54) is 12.1 Å². The van der Waals surface area contributed by atoms with Crippen LogP contribution in [0, 0.1) is 0 Å². The molecule has 8 heteroatoms. The molecule has 0 unspecified atom stereocenters. The molecular formula is C17H13N3O4S. The maximum Gasteiger partial charge on any atom is 0.357 e. The van der Waals surface area contributed by atoms with Crippen LogP contribution in [0.4, 0.5) is 5.00 Å². The van der Waals surface area contributed by atoms with E-state index in [0.29, 0.717) is 10.5 Å². The molecule has 0 atom stereocenters. The van der Waals surface area contributed by atoms with Gasteiger partial charge in [-0.1, -0.05) is 24.3 Å². The van der Waals surface area contributed by atoms with E-state index in [-0.39, 0.29) is 11.3 Å². The van der Waals surface area contributed by atoms with E-state index >= 15 is 0 Å². The molecule has 2 aromatic heterocycles. The van der Waals surface area contributed by atoms with Gasteiger partial charge in [0.15, 0.2) is 6.61 Å². The second-order valence-corrected chi connectivity index (χ2v) is 5.96. The van der Waals surface area contributed by atoms with Crippen molar-refractivity contribution in [3.63, 3.8) is 0 Å². The predicted molar refractivity (Wildman–Crippen MR) is 93.5 cm³/mol. The van der Waals surface area contributed by atoms with E-state index in [2.05, 4.69) is 10.3 Å². The van der Waals surface area contributed by atoms with E-state index in [1.807, 2.05) is 18.2 Å². The van der Waals surface area contributed by atoms with Gasteiger partial charge in [0.05, 0.1) is 11.1 Å². The normalized spacial score (nSPS) is 10.4. The molecule has 0 aliphatic heterocycles. The third kappa shape index (κ3) is 3.81. The summed E-state index contributed by atoms with van der Waals surface area (Å²) in [6.45, 7) is -0.497. The number of anilines is 1. The van der Waals surface area contributed by atoms with Crippen LogP contribution in [0.15, 0.2) is 47.8 Å². The minimum atomic E-state index is -0.706. The lowest BCUT2D eigenvalue weighted by Crippen LogP contribution is -2.22. The number of primary amides is 1. The van der Waals surface area contributed by atoms with Gasteiger partial charge in [0.2, 0.25) is 0 Å². The molecule has 3 rings (SSSR count). The number of nitrogens with two attached hydrogens (primary N) is 1. The number of hydrogen-bond acceptors (Lipinski definition) is 6. The third-order valence-corrected chi connectivity index (χ3v) is 4.16. The van der Waals surface area contributed by atoms with E-state index in [4.69, 9.17) is 10.5 Å². The number of thiophene rings is 1. The molecular weight excluding hydrogens is 342 g/mol. The number of carbonyl (C=O) groups excluding carboxylic acids is 3. The number of nitrogens with zero attached hydrogens (tertiary/aromatic N) is 1. The number of fused-ring (bicyclic) bond motifs is 1. The molecule has 3 N–H and O–H groups in total. The molecule has 0 saturated heterocycles. The lowest BCUT2D eigenvalue weighted by molar-refractivity contribution is -0.119. The fourth-order valence-electron chi connectivity index (χ4n) is 2.15. The molecule has 7 nitrogen and oxygen atoms in total. The fourth-order valence-corrected chi connectivity index (χ4v) is 2.96. The van der Waals surface area contributed by atoms with Crippen molar-refractivity contribution in [3.05, 3.63) is 59.1 Å². The minimum absolute atomic E-state index is 0.112. The van der Waals surface area contributed by atoms with Gasteiger partial charge in [0, 0.05) is 5.39 Å². The Balaban J connectivity index is 1.62. The van der Waals surface area contributed by atoms with Gasteiger partial charge < -0.3 is 15.8 Å². The molecule has 0 aliphatic rings. The van der Waals surface area contributed by atoms with Gasteiger partial charge in [0.25, 0.3) is 11.8 Å². The summed E-state index contributed by atoms with van der Waals surface area (Å²) in [4.78, 5) is 39.3. The highest BCUT2D eigenvalue weighted by Gasteiger charge is 2.15. The number of pyridine rings is 1. The standard InChI is InChI=1S/C17H13N3O4S/c18-15(22)11-7-8-25-16(11)20-14(21)9-24-17(23)13-6-5-10-3-1-2-4-12(10)19-13/h1-8H,9H2,(H2,18,22)(H,20,21). The van der Waals surface area contributed by atoms with Crippen molar-refractivity contribution in [2.45, 2.75) is 0 Å². The van der Waals surface area contributed by atoms with Crippen molar-refractivity contribution < 1.29 is 19.1 Å². The van der Waals surface area contributed by atoms with Crippen molar-refractivity contribution in [1.82, 2.24) is 4.98 Å². The van der Waals surface area contributed by atoms with Gasteiger partial charge in [-0.25, -0.2) is 9.78 Å². The summed E-state index contributed by atoms with van der Waals surface area (Å²) in [5, 5.41) is 5.33. The van der Waals surface area contributed by atoms with Crippen molar-refractivity contribution in [3.8, 4) is 0 Å². The zero-order chi connectivity index (χ0) is 17.8. The molecule has 0 saturated carbocycles. The minimum Gasteiger partial charge on any atom is -0.451 e. The first-order chi connectivity index (χ1) is 12.0. The van der Waals surface area contributed by atoms with Crippen LogP contribution in [0.25, 0.3) is 10.9 Å². The van der Waals surface area contributed by atoms with Gasteiger partial charge in [-0.2, -0.15) is 0 Å². The van der Waals surface area contributed by atoms with Gasteiger partial charge >= 0.3 is 5.97 Å². The number of rotatable bonds is 5. The molecule has 3 aromatic rings. The number of amides is 2. The van der Waals surface area contributed by atoms with E-state index in [1.54, 1.807) is 17.5 Å².